The zero-order valence-electron chi connectivity index (χ0n) is 13.4. The van der Waals surface area contributed by atoms with E-state index in [4.69, 9.17) is 11.6 Å². The van der Waals surface area contributed by atoms with Crippen molar-refractivity contribution in [2.24, 2.45) is 7.05 Å². The Labute approximate surface area is 149 Å². The van der Waals surface area contributed by atoms with Crippen LogP contribution in [0.15, 0.2) is 60.8 Å². The quantitative estimate of drug-likeness (QED) is 0.567. The van der Waals surface area contributed by atoms with Gasteiger partial charge in [-0.3, -0.25) is 4.68 Å². The molecular formula is C18H15ClN6. The summed E-state index contributed by atoms with van der Waals surface area (Å²) in [4.78, 5) is 9.17. The molecule has 0 aliphatic rings. The summed E-state index contributed by atoms with van der Waals surface area (Å²) in [6.45, 7) is 0. The second-order valence-corrected chi connectivity index (χ2v) is 5.96. The van der Waals surface area contributed by atoms with Gasteiger partial charge in [0.15, 0.2) is 5.65 Å². The summed E-state index contributed by atoms with van der Waals surface area (Å²) in [5.41, 5.74) is 2.55. The van der Waals surface area contributed by atoms with Crippen molar-refractivity contribution in [1.29, 1.82) is 0 Å². The number of aryl methyl sites for hydroxylation is 1. The largest absolute Gasteiger partial charge is 0.339 e. The van der Waals surface area contributed by atoms with E-state index in [1.807, 2.05) is 61.6 Å². The van der Waals surface area contributed by atoms with Crippen molar-refractivity contribution in [3.63, 3.8) is 0 Å². The molecule has 0 saturated heterocycles. The summed E-state index contributed by atoms with van der Waals surface area (Å²) in [6, 6.07) is 17.3. The van der Waals surface area contributed by atoms with E-state index in [-0.39, 0.29) is 0 Å². The van der Waals surface area contributed by atoms with E-state index in [9.17, 15) is 0 Å². The highest BCUT2D eigenvalue weighted by Gasteiger charge is 2.12. The minimum absolute atomic E-state index is 0.483. The minimum atomic E-state index is 0.483. The second kappa shape index (κ2) is 6.41. The van der Waals surface area contributed by atoms with E-state index in [1.165, 1.54) is 0 Å². The first-order valence-electron chi connectivity index (χ1n) is 7.73. The standard InChI is InChI=1S/C18H15ClN6/c1-25-17-15(11-20-25)16(21-13-5-3-2-4-6-13)23-18(24-17)22-14-9-7-12(19)8-10-14/h2-11H,1H3,(H2,21,22,23,24). The van der Waals surface area contributed by atoms with Crippen molar-refractivity contribution >= 4 is 45.8 Å². The van der Waals surface area contributed by atoms with Crippen LogP contribution in [-0.4, -0.2) is 19.7 Å². The van der Waals surface area contributed by atoms with Crippen molar-refractivity contribution < 1.29 is 0 Å². The van der Waals surface area contributed by atoms with Gasteiger partial charge in [0, 0.05) is 23.4 Å². The van der Waals surface area contributed by atoms with E-state index in [2.05, 4.69) is 25.7 Å². The molecule has 2 heterocycles. The Kier molecular flexibility index (Phi) is 3.95. The first-order valence-corrected chi connectivity index (χ1v) is 8.11. The molecule has 7 heteroatoms. The molecule has 124 valence electrons. The molecular weight excluding hydrogens is 336 g/mol. The van der Waals surface area contributed by atoms with Crippen molar-refractivity contribution in [1.82, 2.24) is 19.7 Å². The molecule has 4 rings (SSSR count). The number of halogens is 1. The maximum atomic E-state index is 5.93. The Morgan fingerprint density at radius 1 is 0.880 bits per heavy atom. The van der Waals surface area contributed by atoms with E-state index in [1.54, 1.807) is 10.9 Å². The van der Waals surface area contributed by atoms with Crippen LogP contribution in [0.3, 0.4) is 0 Å². The Balaban J connectivity index is 1.74. The highest BCUT2D eigenvalue weighted by molar-refractivity contribution is 6.30. The number of hydrogen-bond donors (Lipinski definition) is 2. The van der Waals surface area contributed by atoms with Gasteiger partial charge in [-0.05, 0) is 36.4 Å². The predicted molar refractivity (Wildman–Crippen MR) is 101 cm³/mol. The molecule has 4 aromatic rings. The van der Waals surface area contributed by atoms with Gasteiger partial charge in [0.25, 0.3) is 0 Å². The van der Waals surface area contributed by atoms with E-state index in [0.717, 1.165) is 22.4 Å². The van der Waals surface area contributed by atoms with Crippen LogP contribution in [-0.2, 0) is 7.05 Å². The van der Waals surface area contributed by atoms with Crippen LogP contribution in [0.5, 0.6) is 0 Å². The Morgan fingerprint density at radius 3 is 2.36 bits per heavy atom. The number of rotatable bonds is 4. The number of nitrogens with zero attached hydrogens (tertiary/aromatic N) is 4. The molecule has 0 bridgehead atoms. The van der Waals surface area contributed by atoms with Crippen molar-refractivity contribution in [2.45, 2.75) is 0 Å². The van der Waals surface area contributed by atoms with Gasteiger partial charge in [0.1, 0.15) is 5.82 Å². The third kappa shape index (κ3) is 3.25. The highest BCUT2D eigenvalue weighted by atomic mass is 35.5. The number of aromatic nitrogens is 4. The number of benzene rings is 2. The summed E-state index contributed by atoms with van der Waals surface area (Å²) >= 11 is 5.93. The van der Waals surface area contributed by atoms with Gasteiger partial charge in [-0.1, -0.05) is 29.8 Å². The third-order valence-corrected chi connectivity index (χ3v) is 3.98. The van der Waals surface area contributed by atoms with Crippen molar-refractivity contribution in [3.8, 4) is 0 Å². The van der Waals surface area contributed by atoms with E-state index in [0.29, 0.717) is 16.8 Å². The lowest BCUT2D eigenvalue weighted by atomic mass is 10.3. The predicted octanol–water partition coefficient (Wildman–Crippen LogP) is 4.50. The molecule has 0 radical (unpaired) electrons. The average molecular weight is 351 g/mol. The number of nitrogens with one attached hydrogen (secondary N) is 2. The molecule has 6 nitrogen and oxygen atoms in total. The van der Waals surface area contributed by atoms with Gasteiger partial charge in [-0.15, -0.1) is 0 Å². The van der Waals surface area contributed by atoms with Gasteiger partial charge >= 0.3 is 0 Å². The number of hydrogen-bond acceptors (Lipinski definition) is 5. The van der Waals surface area contributed by atoms with Crippen molar-refractivity contribution in [3.05, 3.63) is 65.8 Å². The third-order valence-electron chi connectivity index (χ3n) is 3.73. The first kappa shape index (κ1) is 15.4. The van der Waals surface area contributed by atoms with Gasteiger partial charge in [-0.25, -0.2) is 0 Å². The molecule has 0 aliphatic heterocycles. The van der Waals surface area contributed by atoms with Gasteiger partial charge in [0.2, 0.25) is 5.95 Å². The van der Waals surface area contributed by atoms with Crippen LogP contribution in [0, 0.1) is 0 Å². The molecule has 25 heavy (non-hydrogen) atoms. The summed E-state index contributed by atoms with van der Waals surface area (Å²) in [6.07, 6.45) is 1.76. The SMILES string of the molecule is Cn1ncc2c(Nc3ccccc3)nc(Nc3ccc(Cl)cc3)nc21. The topological polar surface area (TPSA) is 67.7 Å². The van der Waals surface area contributed by atoms with Gasteiger partial charge in [-0.2, -0.15) is 15.1 Å². The first-order chi connectivity index (χ1) is 12.2. The fourth-order valence-corrected chi connectivity index (χ4v) is 2.62. The van der Waals surface area contributed by atoms with Gasteiger partial charge in [0.05, 0.1) is 11.6 Å². The molecule has 0 fully saturated rings. The summed E-state index contributed by atoms with van der Waals surface area (Å²) in [5, 5.41) is 12.4. The van der Waals surface area contributed by atoms with E-state index >= 15 is 0 Å². The Morgan fingerprint density at radius 2 is 1.60 bits per heavy atom. The van der Waals surface area contributed by atoms with Crippen LogP contribution in [0.1, 0.15) is 0 Å². The molecule has 0 amide bonds. The lowest BCUT2D eigenvalue weighted by molar-refractivity contribution is 0.786. The Hall–Kier alpha value is -3.12. The van der Waals surface area contributed by atoms with Crippen LogP contribution in [0.4, 0.5) is 23.1 Å². The Bertz CT molecular complexity index is 1010. The maximum Gasteiger partial charge on any atom is 0.231 e. The zero-order chi connectivity index (χ0) is 17.2. The molecule has 2 aromatic heterocycles. The number of anilines is 4. The minimum Gasteiger partial charge on any atom is -0.339 e. The average Bonchev–Trinajstić information content (AvgIpc) is 2.99. The molecule has 0 unspecified atom stereocenters. The monoisotopic (exact) mass is 350 g/mol. The molecule has 0 spiro atoms. The maximum absolute atomic E-state index is 5.93. The van der Waals surface area contributed by atoms with Crippen LogP contribution >= 0.6 is 11.6 Å². The molecule has 0 aliphatic carbocycles. The summed E-state index contributed by atoms with van der Waals surface area (Å²) in [5.74, 6) is 1.18. The molecule has 2 N–H and O–H groups in total. The smallest absolute Gasteiger partial charge is 0.231 e. The highest BCUT2D eigenvalue weighted by Crippen LogP contribution is 2.26. The van der Waals surface area contributed by atoms with E-state index < -0.39 is 0 Å². The lowest BCUT2D eigenvalue weighted by Crippen LogP contribution is -2.03. The molecule has 0 saturated carbocycles. The lowest BCUT2D eigenvalue weighted by Gasteiger charge is -2.10. The number of fused-ring (bicyclic) bond motifs is 1. The normalized spacial score (nSPS) is 10.8. The van der Waals surface area contributed by atoms with Crippen LogP contribution in [0.25, 0.3) is 11.0 Å². The zero-order valence-corrected chi connectivity index (χ0v) is 14.2. The fourth-order valence-electron chi connectivity index (χ4n) is 2.49. The number of para-hydroxylation sites is 1. The summed E-state index contributed by atoms with van der Waals surface area (Å²) < 4.78 is 1.72. The van der Waals surface area contributed by atoms with Gasteiger partial charge < -0.3 is 10.6 Å². The molecule has 0 atom stereocenters. The van der Waals surface area contributed by atoms with Crippen molar-refractivity contribution in [2.75, 3.05) is 10.6 Å². The summed E-state index contributed by atoms with van der Waals surface area (Å²) in [7, 11) is 1.85. The fraction of sp³-hybridized carbons (Fsp3) is 0.0556. The second-order valence-electron chi connectivity index (χ2n) is 5.52. The van der Waals surface area contributed by atoms with Crippen LogP contribution in [0.2, 0.25) is 5.02 Å². The van der Waals surface area contributed by atoms with Crippen LogP contribution < -0.4 is 10.6 Å². The molecule has 2 aromatic carbocycles.